The van der Waals surface area contributed by atoms with Gasteiger partial charge in [-0.05, 0) is 42.5 Å². The third-order valence-electron chi connectivity index (χ3n) is 3.81. The Morgan fingerprint density at radius 2 is 1.67 bits per heavy atom. The highest BCUT2D eigenvalue weighted by molar-refractivity contribution is 6.36. The van der Waals surface area contributed by atoms with E-state index in [9.17, 15) is 4.79 Å². The quantitative estimate of drug-likeness (QED) is 0.468. The molecule has 1 heterocycles. The average Bonchev–Trinajstić information content (AvgIpc) is 2.95. The predicted molar refractivity (Wildman–Crippen MR) is 98.1 cm³/mol. The Morgan fingerprint density at radius 1 is 0.875 bits per heavy atom. The summed E-state index contributed by atoms with van der Waals surface area (Å²) in [6, 6.07) is 18.1. The van der Waals surface area contributed by atoms with Crippen LogP contribution < -0.4 is 5.32 Å². The lowest BCUT2D eigenvalue weighted by Crippen LogP contribution is -2.12. The van der Waals surface area contributed by atoms with E-state index in [1.807, 2.05) is 36.4 Å². The standard InChI is InChI=1S/C19H11Cl2NO2/c20-11-5-7-16(21)15(9-11)19(23)22-12-6-8-18-14(10-12)13-3-1-2-4-17(13)24-18/h1-10H,(H,22,23). The first kappa shape index (κ1) is 15.1. The largest absolute Gasteiger partial charge is 0.456 e. The van der Waals surface area contributed by atoms with Gasteiger partial charge in [0.15, 0.2) is 0 Å². The summed E-state index contributed by atoms with van der Waals surface area (Å²) in [7, 11) is 0. The monoisotopic (exact) mass is 355 g/mol. The van der Waals surface area contributed by atoms with Crippen LogP contribution in [0.4, 0.5) is 5.69 Å². The molecule has 1 aromatic heterocycles. The topological polar surface area (TPSA) is 42.2 Å². The molecule has 3 nitrogen and oxygen atoms in total. The molecule has 118 valence electrons. The number of halogens is 2. The summed E-state index contributed by atoms with van der Waals surface area (Å²) in [5.41, 5.74) is 2.58. The van der Waals surface area contributed by atoms with Crippen LogP contribution in [0.3, 0.4) is 0 Å². The Kier molecular flexibility index (Phi) is 3.68. The van der Waals surface area contributed by atoms with Crippen molar-refractivity contribution in [3.63, 3.8) is 0 Å². The number of anilines is 1. The molecule has 0 unspecified atom stereocenters. The third-order valence-corrected chi connectivity index (χ3v) is 4.37. The van der Waals surface area contributed by atoms with Gasteiger partial charge in [-0.15, -0.1) is 0 Å². The van der Waals surface area contributed by atoms with E-state index in [1.165, 1.54) is 0 Å². The number of rotatable bonds is 2. The Hall–Kier alpha value is -2.49. The molecule has 0 atom stereocenters. The van der Waals surface area contributed by atoms with Gasteiger partial charge in [0.05, 0.1) is 10.6 Å². The minimum absolute atomic E-state index is 0.311. The lowest BCUT2D eigenvalue weighted by atomic mass is 10.1. The highest BCUT2D eigenvalue weighted by atomic mass is 35.5. The van der Waals surface area contributed by atoms with Crippen LogP contribution in [0.15, 0.2) is 65.1 Å². The maximum absolute atomic E-state index is 12.4. The van der Waals surface area contributed by atoms with Gasteiger partial charge < -0.3 is 9.73 Å². The van der Waals surface area contributed by atoms with E-state index in [0.717, 1.165) is 21.9 Å². The van der Waals surface area contributed by atoms with Crippen LogP contribution in [0.1, 0.15) is 10.4 Å². The Labute approximate surface area is 147 Å². The zero-order chi connectivity index (χ0) is 16.7. The molecular formula is C19H11Cl2NO2. The van der Waals surface area contributed by atoms with Gasteiger partial charge in [-0.25, -0.2) is 0 Å². The van der Waals surface area contributed by atoms with Gasteiger partial charge in [0.25, 0.3) is 5.91 Å². The van der Waals surface area contributed by atoms with Crippen molar-refractivity contribution in [3.8, 4) is 0 Å². The minimum Gasteiger partial charge on any atom is -0.456 e. The molecule has 5 heteroatoms. The summed E-state index contributed by atoms with van der Waals surface area (Å²) in [5, 5.41) is 5.61. The van der Waals surface area contributed by atoms with Crippen LogP contribution in [0.5, 0.6) is 0 Å². The molecule has 0 aliphatic rings. The van der Waals surface area contributed by atoms with Crippen molar-refractivity contribution < 1.29 is 9.21 Å². The first-order valence-corrected chi connectivity index (χ1v) is 8.05. The Bertz CT molecular complexity index is 1090. The first-order valence-electron chi connectivity index (χ1n) is 7.29. The van der Waals surface area contributed by atoms with Crippen molar-refractivity contribution in [2.75, 3.05) is 5.32 Å². The molecule has 0 radical (unpaired) electrons. The van der Waals surface area contributed by atoms with Crippen LogP contribution in [0, 0.1) is 0 Å². The van der Waals surface area contributed by atoms with Crippen molar-refractivity contribution in [2.24, 2.45) is 0 Å². The SMILES string of the molecule is O=C(Nc1ccc2oc3ccccc3c2c1)c1cc(Cl)ccc1Cl. The Balaban J connectivity index is 1.73. The van der Waals surface area contributed by atoms with E-state index in [0.29, 0.717) is 21.3 Å². The van der Waals surface area contributed by atoms with Crippen LogP contribution in [-0.4, -0.2) is 5.91 Å². The van der Waals surface area contributed by atoms with E-state index in [4.69, 9.17) is 27.6 Å². The second-order valence-electron chi connectivity index (χ2n) is 5.39. The number of hydrogen-bond donors (Lipinski definition) is 1. The number of para-hydroxylation sites is 1. The summed E-state index contributed by atoms with van der Waals surface area (Å²) in [5.74, 6) is -0.311. The summed E-state index contributed by atoms with van der Waals surface area (Å²) < 4.78 is 5.78. The lowest BCUT2D eigenvalue weighted by molar-refractivity contribution is 0.102. The lowest BCUT2D eigenvalue weighted by Gasteiger charge is -2.07. The summed E-state index contributed by atoms with van der Waals surface area (Å²) in [6.45, 7) is 0. The van der Waals surface area contributed by atoms with Crippen molar-refractivity contribution >= 4 is 56.7 Å². The van der Waals surface area contributed by atoms with Crippen LogP contribution >= 0.6 is 23.2 Å². The number of carbonyl (C=O) groups is 1. The highest BCUT2D eigenvalue weighted by Crippen LogP contribution is 2.31. The third kappa shape index (κ3) is 2.62. The van der Waals surface area contributed by atoms with E-state index < -0.39 is 0 Å². The van der Waals surface area contributed by atoms with Crippen LogP contribution in [0.25, 0.3) is 21.9 Å². The molecule has 0 saturated heterocycles. The van der Waals surface area contributed by atoms with Crippen LogP contribution in [0.2, 0.25) is 10.0 Å². The fourth-order valence-corrected chi connectivity index (χ4v) is 3.05. The van der Waals surface area contributed by atoms with E-state index in [1.54, 1.807) is 24.3 Å². The van der Waals surface area contributed by atoms with Crippen molar-refractivity contribution in [1.82, 2.24) is 0 Å². The minimum atomic E-state index is -0.311. The molecule has 0 saturated carbocycles. The maximum Gasteiger partial charge on any atom is 0.257 e. The van der Waals surface area contributed by atoms with Crippen molar-refractivity contribution in [2.45, 2.75) is 0 Å². The fourth-order valence-electron chi connectivity index (χ4n) is 2.67. The smallest absolute Gasteiger partial charge is 0.257 e. The molecule has 1 N–H and O–H groups in total. The van der Waals surface area contributed by atoms with Crippen LogP contribution in [-0.2, 0) is 0 Å². The van der Waals surface area contributed by atoms with Gasteiger partial charge in [0, 0.05) is 21.5 Å². The van der Waals surface area contributed by atoms with Gasteiger partial charge in [-0.3, -0.25) is 4.79 Å². The summed E-state index contributed by atoms with van der Waals surface area (Å²) >= 11 is 12.0. The molecular weight excluding hydrogens is 345 g/mol. The summed E-state index contributed by atoms with van der Waals surface area (Å²) in [6.07, 6.45) is 0. The molecule has 0 fully saturated rings. The second-order valence-corrected chi connectivity index (χ2v) is 6.23. The van der Waals surface area contributed by atoms with Gasteiger partial charge in [0.1, 0.15) is 11.2 Å². The number of carbonyl (C=O) groups excluding carboxylic acids is 1. The van der Waals surface area contributed by atoms with Crippen molar-refractivity contribution in [3.05, 3.63) is 76.3 Å². The fraction of sp³-hybridized carbons (Fsp3) is 0. The zero-order valence-corrected chi connectivity index (χ0v) is 13.9. The van der Waals surface area contributed by atoms with Gasteiger partial charge in [-0.1, -0.05) is 41.4 Å². The van der Waals surface area contributed by atoms with Gasteiger partial charge >= 0.3 is 0 Å². The number of amides is 1. The number of benzene rings is 3. The molecule has 1 amide bonds. The number of hydrogen-bond acceptors (Lipinski definition) is 2. The van der Waals surface area contributed by atoms with Crippen molar-refractivity contribution in [1.29, 1.82) is 0 Å². The van der Waals surface area contributed by atoms with E-state index >= 15 is 0 Å². The first-order chi connectivity index (χ1) is 11.6. The molecule has 0 aliphatic carbocycles. The van der Waals surface area contributed by atoms with Gasteiger partial charge in [0.2, 0.25) is 0 Å². The Morgan fingerprint density at radius 3 is 2.54 bits per heavy atom. The number of nitrogens with one attached hydrogen (secondary N) is 1. The molecule has 24 heavy (non-hydrogen) atoms. The molecule has 0 spiro atoms. The molecule has 0 aliphatic heterocycles. The van der Waals surface area contributed by atoms with E-state index in [2.05, 4.69) is 5.32 Å². The molecule has 0 bridgehead atoms. The zero-order valence-electron chi connectivity index (χ0n) is 12.3. The highest BCUT2D eigenvalue weighted by Gasteiger charge is 2.13. The maximum atomic E-state index is 12.4. The summed E-state index contributed by atoms with van der Waals surface area (Å²) in [4.78, 5) is 12.4. The van der Waals surface area contributed by atoms with Gasteiger partial charge in [-0.2, -0.15) is 0 Å². The van der Waals surface area contributed by atoms with E-state index in [-0.39, 0.29) is 5.91 Å². The molecule has 4 rings (SSSR count). The number of fused-ring (bicyclic) bond motifs is 3. The average molecular weight is 356 g/mol. The normalized spacial score (nSPS) is 11.1. The number of furan rings is 1. The predicted octanol–water partition coefficient (Wildman–Crippen LogP) is 6.15. The molecule has 4 aromatic rings. The second kappa shape index (κ2) is 5.86. The molecule has 3 aromatic carbocycles.